The summed E-state index contributed by atoms with van der Waals surface area (Å²) in [5, 5.41) is 0.765. The summed E-state index contributed by atoms with van der Waals surface area (Å²) in [7, 11) is 0. The Kier molecular flexibility index (Phi) is 8.34. The van der Waals surface area contributed by atoms with E-state index in [1.54, 1.807) is 0 Å². The van der Waals surface area contributed by atoms with Crippen LogP contribution in [0.3, 0.4) is 0 Å². The van der Waals surface area contributed by atoms with Gasteiger partial charge in [-0.15, -0.1) is 0 Å². The average molecular weight is 383 g/mol. The number of halogens is 1. The summed E-state index contributed by atoms with van der Waals surface area (Å²) in [5.74, 6) is 10.2. The summed E-state index contributed by atoms with van der Waals surface area (Å²) >= 11 is 5.90. The Labute approximate surface area is 171 Å². The van der Waals surface area contributed by atoms with Crippen molar-refractivity contribution < 1.29 is 0 Å². The summed E-state index contributed by atoms with van der Waals surface area (Å²) in [4.78, 5) is 0. The fourth-order valence-corrected chi connectivity index (χ4v) is 5.04. The Morgan fingerprint density at radius 1 is 0.852 bits per heavy atom. The molecule has 0 nitrogen and oxygen atoms in total. The van der Waals surface area contributed by atoms with Crippen molar-refractivity contribution >= 4 is 11.6 Å². The molecule has 0 radical (unpaired) electrons. The first-order chi connectivity index (χ1) is 13.2. The molecule has 0 spiro atoms. The molecular formula is C26H35Cl. The van der Waals surface area contributed by atoms with Crippen LogP contribution in [-0.4, -0.2) is 0 Å². The molecule has 27 heavy (non-hydrogen) atoms. The van der Waals surface area contributed by atoms with Crippen LogP contribution in [0.15, 0.2) is 36.4 Å². The lowest BCUT2D eigenvalue weighted by molar-refractivity contribution is 0.224. The highest BCUT2D eigenvalue weighted by Gasteiger charge is 2.23. The van der Waals surface area contributed by atoms with E-state index in [9.17, 15) is 0 Å². The van der Waals surface area contributed by atoms with Gasteiger partial charge in [-0.3, -0.25) is 0 Å². The monoisotopic (exact) mass is 382 g/mol. The molecule has 0 N–H and O–H groups in total. The molecule has 1 aromatic carbocycles. The van der Waals surface area contributed by atoms with Gasteiger partial charge in [-0.2, -0.15) is 0 Å². The van der Waals surface area contributed by atoms with E-state index in [0.717, 1.165) is 34.3 Å². The van der Waals surface area contributed by atoms with Gasteiger partial charge in [0.25, 0.3) is 0 Å². The van der Waals surface area contributed by atoms with Gasteiger partial charge in [0.1, 0.15) is 0 Å². The first kappa shape index (κ1) is 20.5. The number of hydrogen-bond acceptors (Lipinski definition) is 0. The molecule has 0 amide bonds. The lowest BCUT2D eigenvalue weighted by atomic mass is 9.75. The normalized spacial score (nSPS) is 28.7. The standard InChI is InChI=1S/C26H35Cl/c1-2-21-7-9-24(10-8-21)15-16-25-13-11-22(12-14-25)5-3-4-6-23-17-19-26(27)20-18-23/h3,5,17-22,24-25H,2,7-16H2,1H3/b5-3+/t21-,22?,24-,25?. The average Bonchev–Trinajstić information content (AvgIpc) is 2.72. The van der Waals surface area contributed by atoms with Crippen LogP contribution in [0.4, 0.5) is 0 Å². The van der Waals surface area contributed by atoms with Gasteiger partial charge in [-0.25, -0.2) is 0 Å². The highest BCUT2D eigenvalue weighted by molar-refractivity contribution is 6.30. The maximum atomic E-state index is 5.90. The first-order valence-corrected chi connectivity index (χ1v) is 11.5. The molecule has 0 heterocycles. The van der Waals surface area contributed by atoms with Gasteiger partial charge in [0.2, 0.25) is 0 Å². The minimum atomic E-state index is 0.737. The number of benzene rings is 1. The lowest BCUT2D eigenvalue weighted by Gasteiger charge is -2.31. The zero-order valence-corrected chi connectivity index (χ0v) is 17.7. The molecule has 1 aromatic rings. The van der Waals surface area contributed by atoms with Crippen molar-refractivity contribution in [2.75, 3.05) is 0 Å². The van der Waals surface area contributed by atoms with Crippen molar-refractivity contribution in [3.8, 4) is 11.8 Å². The fourth-order valence-electron chi connectivity index (χ4n) is 4.91. The SMILES string of the molecule is CC[C@H]1CC[C@H](CCC2CCC(/C=C/C#Cc3ccc(Cl)cc3)CC2)CC1. The second kappa shape index (κ2) is 11.0. The molecule has 2 aliphatic rings. The van der Waals surface area contributed by atoms with Gasteiger partial charge in [-0.1, -0.05) is 81.4 Å². The highest BCUT2D eigenvalue weighted by atomic mass is 35.5. The predicted octanol–water partition coefficient (Wildman–Crippen LogP) is 8.05. The largest absolute Gasteiger partial charge is 0.0843 e. The van der Waals surface area contributed by atoms with E-state index >= 15 is 0 Å². The Balaban J connectivity index is 1.32. The Hall–Kier alpha value is -1.19. The smallest absolute Gasteiger partial charge is 0.0406 e. The molecule has 146 valence electrons. The summed E-state index contributed by atoms with van der Waals surface area (Å²) < 4.78 is 0. The number of hydrogen-bond donors (Lipinski definition) is 0. The molecule has 0 aromatic heterocycles. The van der Waals surface area contributed by atoms with Crippen molar-refractivity contribution in [1.29, 1.82) is 0 Å². The Morgan fingerprint density at radius 2 is 1.41 bits per heavy atom. The van der Waals surface area contributed by atoms with Crippen LogP contribution in [0.25, 0.3) is 0 Å². The molecule has 0 bridgehead atoms. The van der Waals surface area contributed by atoms with Crippen LogP contribution < -0.4 is 0 Å². The van der Waals surface area contributed by atoms with E-state index in [-0.39, 0.29) is 0 Å². The minimum Gasteiger partial charge on any atom is -0.0843 e. The van der Waals surface area contributed by atoms with Gasteiger partial charge in [0.15, 0.2) is 0 Å². The van der Waals surface area contributed by atoms with Crippen molar-refractivity contribution in [1.82, 2.24) is 0 Å². The molecule has 0 saturated heterocycles. The quantitative estimate of drug-likeness (QED) is 0.452. The second-order valence-electron chi connectivity index (χ2n) is 8.79. The Morgan fingerprint density at radius 3 is 2.00 bits per heavy atom. The lowest BCUT2D eigenvalue weighted by Crippen LogP contribution is -2.17. The van der Waals surface area contributed by atoms with Crippen LogP contribution in [-0.2, 0) is 0 Å². The van der Waals surface area contributed by atoms with Crippen molar-refractivity contribution in [2.24, 2.45) is 23.7 Å². The fraction of sp³-hybridized carbons (Fsp3) is 0.615. The van der Waals surface area contributed by atoms with Crippen LogP contribution >= 0.6 is 11.6 Å². The second-order valence-corrected chi connectivity index (χ2v) is 9.22. The van der Waals surface area contributed by atoms with Gasteiger partial charge in [0, 0.05) is 10.6 Å². The summed E-state index contributed by atoms with van der Waals surface area (Å²) in [5.41, 5.74) is 1.03. The number of allylic oxidation sites excluding steroid dienone is 2. The van der Waals surface area contributed by atoms with E-state index in [1.807, 2.05) is 24.3 Å². The van der Waals surface area contributed by atoms with Crippen molar-refractivity contribution in [3.05, 3.63) is 47.0 Å². The maximum absolute atomic E-state index is 5.90. The molecule has 2 aliphatic carbocycles. The zero-order chi connectivity index (χ0) is 18.9. The van der Waals surface area contributed by atoms with Gasteiger partial charge >= 0.3 is 0 Å². The molecule has 0 unspecified atom stereocenters. The van der Waals surface area contributed by atoms with Crippen molar-refractivity contribution in [2.45, 2.75) is 77.6 Å². The molecular weight excluding hydrogens is 348 g/mol. The molecule has 0 aliphatic heterocycles. The van der Waals surface area contributed by atoms with Gasteiger partial charge < -0.3 is 0 Å². The third kappa shape index (κ3) is 7.04. The summed E-state index contributed by atoms with van der Waals surface area (Å²) in [6.45, 7) is 2.36. The summed E-state index contributed by atoms with van der Waals surface area (Å²) in [6, 6.07) is 7.74. The molecule has 2 fully saturated rings. The molecule has 0 atom stereocenters. The van der Waals surface area contributed by atoms with Crippen LogP contribution in [0.2, 0.25) is 5.02 Å². The third-order valence-electron chi connectivity index (χ3n) is 6.93. The molecule has 3 rings (SSSR count). The zero-order valence-electron chi connectivity index (χ0n) is 16.9. The highest BCUT2D eigenvalue weighted by Crippen LogP contribution is 2.37. The van der Waals surface area contributed by atoms with E-state index in [1.165, 1.54) is 70.6 Å². The topological polar surface area (TPSA) is 0 Å². The van der Waals surface area contributed by atoms with E-state index in [0.29, 0.717) is 0 Å². The van der Waals surface area contributed by atoms with Crippen molar-refractivity contribution in [3.63, 3.8) is 0 Å². The third-order valence-corrected chi connectivity index (χ3v) is 7.18. The van der Waals surface area contributed by atoms with Crippen LogP contribution in [0.1, 0.15) is 83.1 Å². The van der Waals surface area contributed by atoms with E-state index < -0.39 is 0 Å². The van der Waals surface area contributed by atoms with Gasteiger partial charge in [-0.05, 0) is 79.7 Å². The van der Waals surface area contributed by atoms with E-state index in [2.05, 4.69) is 30.9 Å². The maximum Gasteiger partial charge on any atom is 0.0406 e. The van der Waals surface area contributed by atoms with Crippen LogP contribution in [0, 0.1) is 35.5 Å². The number of rotatable bonds is 5. The predicted molar refractivity (Wildman–Crippen MR) is 118 cm³/mol. The van der Waals surface area contributed by atoms with Gasteiger partial charge in [0.05, 0.1) is 0 Å². The summed E-state index contributed by atoms with van der Waals surface area (Å²) in [6.07, 6.45) is 20.3. The van der Waals surface area contributed by atoms with Crippen LogP contribution in [0.5, 0.6) is 0 Å². The van der Waals surface area contributed by atoms with E-state index in [4.69, 9.17) is 11.6 Å². The molecule has 1 heteroatoms. The molecule has 2 saturated carbocycles. The minimum absolute atomic E-state index is 0.737. The Bertz CT molecular complexity index is 629. The first-order valence-electron chi connectivity index (χ1n) is 11.2.